The summed E-state index contributed by atoms with van der Waals surface area (Å²) < 4.78 is 55.2. The van der Waals surface area contributed by atoms with Gasteiger partial charge in [-0.2, -0.15) is 23.5 Å². The summed E-state index contributed by atoms with van der Waals surface area (Å²) in [4.78, 5) is 73.3. The Kier molecular flexibility index (Phi) is 105. The first-order valence-electron chi connectivity index (χ1n) is 28.8. The molecule has 2 aliphatic heterocycles. The van der Waals surface area contributed by atoms with E-state index in [4.69, 9.17) is 13.7 Å². The molecule has 4 amide bonds. The molecule has 0 aliphatic carbocycles. The number of hydrogen-bond donors (Lipinski definition) is 1. The van der Waals surface area contributed by atoms with Gasteiger partial charge in [0.1, 0.15) is 28.2 Å². The van der Waals surface area contributed by atoms with E-state index in [1.54, 1.807) is 115 Å². The van der Waals surface area contributed by atoms with Crippen LogP contribution in [0.1, 0.15) is 170 Å². The number of imide groups is 1. The summed E-state index contributed by atoms with van der Waals surface area (Å²) in [6.07, 6.45) is 7.97. The standard InChI is InChI=1S/C10H12O2.C10H12OS.C8H10O2S.C8H8O2.C7H12N2O2.C6H12N2O.C4H10O2S2.C3H8O.C3H8S.C3H8.C2H6O.CH5N.8CH4/c2*1-8(12-2)10(11)9-6-4-3-5-7-9;1-2-11(9)10-8-6-4-3-5-7-8;1-7(9)10-8-5-3-2-4-6-8;1-4-9-6(10)5(2)8(3)7(9)11;1-5-6(9)8(3)4-7(5)2;1-4(7-2)8(3,5)6;2*1-3-4-2;2*1-3-2;1-2;;;;;;;;/h2*3-8H,1-2H3;3-7H,2H2,1H3;2-6H,1H3;5H,4H2,1-3H3;5H,4H2,1-3H3;4H,1-3H3;2*3H2,1-2H3;3H2,1-2H3;1-2H3;2H2,1H3;8*1H4. The highest BCUT2D eigenvalue weighted by Crippen LogP contribution is 2.16. The molecule has 97 heavy (non-hydrogen) atoms. The van der Waals surface area contributed by atoms with Crippen LogP contribution in [0.15, 0.2) is 121 Å². The van der Waals surface area contributed by atoms with Crippen LogP contribution in [0.2, 0.25) is 0 Å². The number of thioether (sulfide) groups is 3. The highest BCUT2D eigenvalue weighted by atomic mass is 32.3. The molecule has 6 unspecified atom stereocenters. The molecule has 0 saturated carbocycles. The number of carbonyl (C=O) groups is 6. The van der Waals surface area contributed by atoms with Gasteiger partial charge in [-0.05, 0) is 111 Å². The molecule has 24 heteroatoms. The maximum absolute atomic E-state index is 11.6. The van der Waals surface area contributed by atoms with Crippen molar-refractivity contribution in [2.24, 2.45) is 5.73 Å². The normalized spacial score (nSPS) is 13.4. The van der Waals surface area contributed by atoms with Crippen molar-refractivity contribution in [3.8, 4) is 11.5 Å². The van der Waals surface area contributed by atoms with Gasteiger partial charge in [0.25, 0.3) is 5.91 Å². The van der Waals surface area contributed by atoms with Crippen LogP contribution in [0.25, 0.3) is 0 Å². The fraction of sp³-hybridized carbons (Fsp3) is 0.589. The Morgan fingerprint density at radius 3 is 1.18 bits per heavy atom. The lowest BCUT2D eigenvalue weighted by Gasteiger charge is -2.10. The number of carbonyl (C=O) groups excluding carboxylic acids is 6. The van der Waals surface area contributed by atoms with Crippen LogP contribution in [0.5, 0.6) is 11.5 Å². The number of para-hydroxylation sites is 2. The summed E-state index contributed by atoms with van der Waals surface area (Å²) in [5, 5.41) is 0.0624. The molecule has 6 rings (SSSR count). The molecule has 0 radical (unpaired) electrons. The Morgan fingerprint density at radius 2 is 0.969 bits per heavy atom. The van der Waals surface area contributed by atoms with Gasteiger partial charge in [0, 0.05) is 80.0 Å². The van der Waals surface area contributed by atoms with Crippen molar-refractivity contribution in [2.75, 3.05) is 113 Å². The van der Waals surface area contributed by atoms with Gasteiger partial charge in [-0.1, -0.05) is 191 Å². The third-order valence-electron chi connectivity index (χ3n) is 11.1. The van der Waals surface area contributed by atoms with Gasteiger partial charge in [0.05, 0.1) is 23.7 Å². The molecule has 0 bridgehead atoms. The average molecular weight is 1480 g/mol. The number of urea groups is 1. The quantitative estimate of drug-likeness (QED) is 0.0503. The van der Waals surface area contributed by atoms with Crippen LogP contribution in [0.3, 0.4) is 0 Å². The van der Waals surface area contributed by atoms with Crippen LogP contribution >= 0.6 is 35.3 Å². The molecule has 6 atom stereocenters. The van der Waals surface area contributed by atoms with Crippen LogP contribution < -0.4 is 14.7 Å². The fourth-order valence-electron chi connectivity index (χ4n) is 5.53. The van der Waals surface area contributed by atoms with E-state index in [0.717, 1.165) is 18.8 Å². The Morgan fingerprint density at radius 1 is 0.619 bits per heavy atom. The van der Waals surface area contributed by atoms with Crippen molar-refractivity contribution in [2.45, 2.75) is 177 Å². The van der Waals surface area contributed by atoms with E-state index in [-0.39, 0.29) is 123 Å². The monoisotopic (exact) mass is 1470 g/mol. The van der Waals surface area contributed by atoms with E-state index in [9.17, 15) is 41.4 Å². The zero-order valence-corrected chi connectivity index (χ0v) is 61.9. The lowest BCUT2D eigenvalue weighted by Crippen LogP contribution is -2.31. The van der Waals surface area contributed by atoms with Crippen molar-refractivity contribution >= 4 is 91.6 Å². The second-order valence-corrected chi connectivity index (χ2v) is 25.8. The molecule has 4 aromatic rings. The topological polar surface area (TPSA) is 239 Å². The summed E-state index contributed by atoms with van der Waals surface area (Å²) in [5.74, 6) is 3.09. The highest BCUT2D eigenvalue weighted by molar-refractivity contribution is 8.12. The predicted molar refractivity (Wildman–Crippen MR) is 432 cm³/mol. The smallest absolute Gasteiger partial charge is 0.327 e. The van der Waals surface area contributed by atoms with Gasteiger partial charge in [0.2, 0.25) is 17.0 Å². The number of esters is 1. The number of nitrogens with zero attached hydrogens (tertiary/aromatic N) is 4. The fourth-order valence-corrected chi connectivity index (χ4v) is 7.72. The van der Waals surface area contributed by atoms with Gasteiger partial charge >= 0.3 is 12.0 Å². The molecule has 19 nitrogen and oxygen atoms in total. The van der Waals surface area contributed by atoms with Gasteiger partial charge < -0.3 is 38.7 Å². The Labute approximate surface area is 611 Å². The minimum Gasteiger partial charge on any atom is -0.427 e. The van der Waals surface area contributed by atoms with E-state index in [2.05, 4.69) is 42.2 Å². The molecule has 2 aliphatic rings. The maximum atomic E-state index is 11.6. The SMILES string of the molecule is C.C.C.C.C.C.C.C.CC(=O)Oc1ccccc1.CC1C(=O)N(C)CN1C.CCC.CCN1C(=O)C(C)N(C)C1=O.CCOC.CCS(=O)Oc1ccccc1.CCSC.CN.COC.COC(C)C(=O)c1ccccc1.CSC(C)C(=O)c1ccccc1.CSC(C)S(C)(=O)=O. The lowest BCUT2D eigenvalue weighted by molar-refractivity contribution is -0.132. The molecule has 2 heterocycles. The largest absolute Gasteiger partial charge is 0.427 e. The van der Waals surface area contributed by atoms with Gasteiger partial charge in [-0.3, -0.25) is 33.8 Å². The van der Waals surface area contributed by atoms with Crippen molar-refractivity contribution < 1.29 is 64.5 Å². The molecule has 4 aromatic carbocycles. The molecule has 2 saturated heterocycles. The first-order chi connectivity index (χ1) is 42.0. The third-order valence-corrected chi connectivity index (χ3v) is 17.0. The van der Waals surface area contributed by atoms with E-state index < -0.39 is 20.9 Å². The number of ketones is 2. The number of methoxy groups -OCH3 is 3. The number of Topliss-reactive ketones (excluding diaryl/α,β-unsaturated/α-hetero) is 2. The molecule has 0 aromatic heterocycles. The van der Waals surface area contributed by atoms with E-state index in [0.29, 0.717) is 29.4 Å². The van der Waals surface area contributed by atoms with Gasteiger partial charge in [0.15, 0.2) is 21.4 Å². The van der Waals surface area contributed by atoms with Gasteiger partial charge in [-0.15, -0.1) is 11.8 Å². The number of ether oxygens (including phenoxy) is 4. The summed E-state index contributed by atoms with van der Waals surface area (Å²) in [5.41, 5.74) is 6.01. The first-order valence-corrected chi connectivity index (χ1v) is 36.0. The Balaban J connectivity index is -0.0000000658. The second kappa shape index (κ2) is 81.5. The average Bonchev–Trinajstić information content (AvgIpc) is 1.69. The van der Waals surface area contributed by atoms with Gasteiger partial charge in [-0.25, -0.2) is 17.4 Å². The lowest BCUT2D eigenvalue weighted by atomic mass is 10.1. The van der Waals surface area contributed by atoms with Crippen molar-refractivity contribution in [3.63, 3.8) is 0 Å². The number of likely N-dealkylation sites (N-methyl/N-ethyl adjacent to an activating group) is 4. The van der Waals surface area contributed by atoms with Crippen LogP contribution in [-0.2, 0) is 49.5 Å². The van der Waals surface area contributed by atoms with Crippen molar-refractivity contribution in [1.29, 1.82) is 0 Å². The number of rotatable bonds is 15. The second-order valence-electron chi connectivity index (χ2n) is 18.3. The summed E-state index contributed by atoms with van der Waals surface area (Å²) in [6, 6.07) is 36.3. The minimum absolute atomic E-state index is 0. The summed E-state index contributed by atoms with van der Waals surface area (Å²) in [7, 11) is 10.6. The molecule has 0 spiro atoms. The predicted octanol–water partition coefficient (Wildman–Crippen LogP) is 17.0. The van der Waals surface area contributed by atoms with Crippen LogP contribution in [-0.4, -0.2) is 209 Å². The Bertz CT molecular complexity index is 2430. The zero-order valence-electron chi connectivity index (χ0n) is 57.8. The number of sulfone groups is 1. The third kappa shape index (κ3) is 65.2. The number of amides is 4. The van der Waals surface area contributed by atoms with Crippen LogP contribution in [0, 0.1) is 0 Å². The van der Waals surface area contributed by atoms with E-state index in [1.165, 1.54) is 61.1 Å². The zero-order chi connectivity index (χ0) is 70.1. The van der Waals surface area contributed by atoms with Crippen molar-refractivity contribution in [1.82, 2.24) is 19.6 Å². The minimum atomic E-state index is -2.79. The number of benzene rings is 4. The van der Waals surface area contributed by atoms with Crippen molar-refractivity contribution in [3.05, 3.63) is 132 Å². The Hall–Kier alpha value is -5.15. The molecular formula is C73H143N5O14S5. The van der Waals surface area contributed by atoms with Crippen LogP contribution in [0.4, 0.5) is 4.79 Å². The maximum Gasteiger partial charge on any atom is 0.327 e. The highest BCUT2D eigenvalue weighted by Gasteiger charge is 2.38. The molecule has 2 fully saturated rings. The van der Waals surface area contributed by atoms with E-state index in [1.807, 2.05) is 150 Å². The summed E-state index contributed by atoms with van der Waals surface area (Å²) in [6.45, 7) is 24.4. The first kappa shape index (κ1) is 125. The summed E-state index contributed by atoms with van der Waals surface area (Å²) >= 11 is 3.60. The molecule has 2 N–H and O–H groups in total. The molecule has 574 valence electrons. The molecular weight excluding hydrogens is 1330 g/mol. The number of hydrogen-bond acceptors (Lipinski definition) is 19. The van der Waals surface area contributed by atoms with E-state index >= 15 is 0 Å². The number of nitrogens with two attached hydrogens (primary N) is 1.